The van der Waals surface area contributed by atoms with Gasteiger partial charge in [-0.2, -0.15) is 0 Å². The topological polar surface area (TPSA) is 51.3 Å². The monoisotopic (exact) mass is 235 g/mol. The lowest BCUT2D eigenvalue weighted by Crippen LogP contribution is -2.31. The lowest BCUT2D eigenvalue weighted by Gasteiger charge is -2.23. The van der Waals surface area contributed by atoms with E-state index < -0.39 is 0 Å². The standard InChI is InChI=1S/C11H10ClN3O/c1-14-8-3-2-7(13)6-5-15(12)9(11(6)8)4-10(14)16/h2-3,5H,4,13H2,1H3. The van der Waals surface area contributed by atoms with E-state index in [-0.39, 0.29) is 5.91 Å². The third-order valence-corrected chi connectivity index (χ3v) is 3.40. The average molecular weight is 236 g/mol. The summed E-state index contributed by atoms with van der Waals surface area (Å²) in [5.41, 5.74) is 8.26. The quantitative estimate of drug-likeness (QED) is 0.708. The molecule has 4 nitrogen and oxygen atoms in total. The van der Waals surface area contributed by atoms with Crippen molar-refractivity contribution in [3.63, 3.8) is 0 Å². The van der Waals surface area contributed by atoms with Crippen molar-refractivity contribution in [2.75, 3.05) is 17.7 Å². The van der Waals surface area contributed by atoms with Crippen LogP contribution in [-0.4, -0.2) is 17.0 Å². The molecule has 5 heteroatoms. The number of nitrogens with two attached hydrogens (primary N) is 1. The van der Waals surface area contributed by atoms with Crippen LogP contribution in [0.2, 0.25) is 0 Å². The van der Waals surface area contributed by atoms with Gasteiger partial charge in [-0.3, -0.25) is 8.88 Å². The van der Waals surface area contributed by atoms with E-state index in [4.69, 9.17) is 17.5 Å². The highest BCUT2D eigenvalue weighted by molar-refractivity contribution is 6.21. The molecule has 0 fully saturated rings. The van der Waals surface area contributed by atoms with Gasteiger partial charge in [-0.15, -0.1) is 0 Å². The van der Waals surface area contributed by atoms with Crippen LogP contribution in [0.25, 0.3) is 10.8 Å². The van der Waals surface area contributed by atoms with E-state index in [1.807, 2.05) is 6.07 Å². The maximum atomic E-state index is 11.8. The van der Waals surface area contributed by atoms with Crippen LogP contribution >= 0.6 is 11.8 Å². The number of nitrogens with zero attached hydrogens (tertiary/aromatic N) is 2. The first-order valence-corrected chi connectivity index (χ1v) is 5.28. The van der Waals surface area contributed by atoms with E-state index in [1.165, 1.54) is 4.09 Å². The van der Waals surface area contributed by atoms with E-state index >= 15 is 0 Å². The van der Waals surface area contributed by atoms with E-state index in [0.29, 0.717) is 12.1 Å². The highest BCUT2D eigenvalue weighted by Gasteiger charge is 2.26. The van der Waals surface area contributed by atoms with Crippen molar-refractivity contribution in [1.29, 1.82) is 0 Å². The van der Waals surface area contributed by atoms with Gasteiger partial charge in [0, 0.05) is 41.5 Å². The molecule has 1 aromatic heterocycles. The summed E-state index contributed by atoms with van der Waals surface area (Å²) in [7, 11) is 1.77. The number of benzene rings is 1. The maximum absolute atomic E-state index is 11.8. The van der Waals surface area contributed by atoms with Crippen LogP contribution in [0.3, 0.4) is 0 Å². The summed E-state index contributed by atoms with van der Waals surface area (Å²) in [5.74, 6) is 0.0409. The van der Waals surface area contributed by atoms with Crippen molar-refractivity contribution in [3.8, 4) is 0 Å². The number of aromatic nitrogens is 1. The molecule has 82 valence electrons. The fraction of sp³-hybridized carbons (Fsp3) is 0.182. The van der Waals surface area contributed by atoms with Gasteiger partial charge in [0.15, 0.2) is 0 Å². The Balaban J connectivity index is 2.49. The molecule has 1 aliphatic heterocycles. The number of nitrogen functional groups attached to an aromatic ring is 1. The molecule has 0 aliphatic carbocycles. The van der Waals surface area contributed by atoms with Crippen molar-refractivity contribution in [3.05, 3.63) is 24.0 Å². The molecule has 0 saturated heterocycles. The molecule has 1 aliphatic rings. The van der Waals surface area contributed by atoms with Crippen LogP contribution < -0.4 is 10.6 Å². The van der Waals surface area contributed by atoms with Gasteiger partial charge in [0.2, 0.25) is 5.91 Å². The van der Waals surface area contributed by atoms with Gasteiger partial charge in [0.1, 0.15) is 0 Å². The Bertz CT molecular complexity index is 617. The van der Waals surface area contributed by atoms with Crippen LogP contribution in [-0.2, 0) is 11.2 Å². The van der Waals surface area contributed by atoms with Crippen molar-refractivity contribution in [2.24, 2.45) is 0 Å². The number of anilines is 2. The molecule has 2 N–H and O–H groups in total. The first-order chi connectivity index (χ1) is 7.59. The molecule has 0 atom stereocenters. The number of rotatable bonds is 0. The van der Waals surface area contributed by atoms with Gasteiger partial charge >= 0.3 is 0 Å². The summed E-state index contributed by atoms with van der Waals surface area (Å²) in [6, 6.07) is 3.66. The van der Waals surface area contributed by atoms with Gasteiger partial charge in [0.25, 0.3) is 0 Å². The Morgan fingerprint density at radius 1 is 1.44 bits per heavy atom. The lowest BCUT2D eigenvalue weighted by atomic mass is 10.0. The van der Waals surface area contributed by atoms with Gasteiger partial charge in [-0.1, -0.05) is 0 Å². The number of likely N-dealkylation sites (N-methyl/N-ethyl adjacent to an activating group) is 1. The van der Waals surface area contributed by atoms with Crippen LogP contribution in [0, 0.1) is 0 Å². The first kappa shape index (κ1) is 9.54. The van der Waals surface area contributed by atoms with Gasteiger partial charge in [-0.05, 0) is 12.1 Å². The largest absolute Gasteiger partial charge is 0.398 e. The van der Waals surface area contributed by atoms with Crippen LogP contribution in [0.15, 0.2) is 18.3 Å². The van der Waals surface area contributed by atoms with Gasteiger partial charge < -0.3 is 10.6 Å². The molecule has 0 bridgehead atoms. The fourth-order valence-electron chi connectivity index (χ4n) is 2.20. The lowest BCUT2D eigenvalue weighted by molar-refractivity contribution is -0.117. The number of halogens is 1. The second-order valence-corrected chi connectivity index (χ2v) is 4.34. The summed E-state index contributed by atoms with van der Waals surface area (Å²) in [6.07, 6.45) is 2.08. The van der Waals surface area contributed by atoms with Crippen molar-refractivity contribution >= 4 is 39.8 Å². The first-order valence-electron chi connectivity index (χ1n) is 4.94. The fourth-order valence-corrected chi connectivity index (χ4v) is 2.45. The maximum Gasteiger partial charge on any atom is 0.232 e. The zero-order valence-electron chi connectivity index (χ0n) is 8.70. The minimum atomic E-state index is 0.0409. The Morgan fingerprint density at radius 3 is 2.94 bits per heavy atom. The molecule has 0 radical (unpaired) electrons. The van der Waals surface area contributed by atoms with Gasteiger partial charge in [0.05, 0.1) is 17.8 Å². The minimum Gasteiger partial charge on any atom is -0.398 e. The zero-order chi connectivity index (χ0) is 11.4. The molecule has 0 saturated carbocycles. The predicted molar refractivity (Wildman–Crippen MR) is 64.7 cm³/mol. The van der Waals surface area contributed by atoms with Gasteiger partial charge in [-0.25, -0.2) is 0 Å². The number of amides is 1. The molecule has 1 amide bonds. The Morgan fingerprint density at radius 2 is 2.19 bits per heavy atom. The van der Waals surface area contributed by atoms with Crippen LogP contribution in [0.4, 0.5) is 11.4 Å². The second kappa shape index (κ2) is 2.92. The summed E-state index contributed by atoms with van der Waals surface area (Å²) < 4.78 is 1.47. The summed E-state index contributed by atoms with van der Waals surface area (Å²) >= 11 is 6.05. The Hall–Kier alpha value is -1.68. The molecular weight excluding hydrogens is 226 g/mol. The van der Waals surface area contributed by atoms with E-state index in [1.54, 1.807) is 24.2 Å². The Kier molecular flexibility index (Phi) is 1.74. The van der Waals surface area contributed by atoms with Crippen molar-refractivity contribution in [1.82, 2.24) is 4.09 Å². The number of hydrogen-bond acceptors (Lipinski definition) is 2. The van der Waals surface area contributed by atoms with Crippen molar-refractivity contribution < 1.29 is 4.79 Å². The molecule has 0 unspecified atom stereocenters. The molecule has 2 heterocycles. The number of hydrogen-bond donors (Lipinski definition) is 1. The SMILES string of the molecule is CN1C(=O)Cc2c3c1ccc(N)c3cn2Cl. The van der Waals surface area contributed by atoms with Crippen LogP contribution in [0.1, 0.15) is 5.69 Å². The Labute approximate surface area is 97.3 Å². The molecule has 3 rings (SSSR count). The highest BCUT2D eigenvalue weighted by Crippen LogP contribution is 2.38. The third kappa shape index (κ3) is 1.02. The zero-order valence-corrected chi connectivity index (χ0v) is 9.45. The van der Waals surface area contributed by atoms with E-state index in [0.717, 1.165) is 22.2 Å². The molecular formula is C11H10ClN3O. The van der Waals surface area contributed by atoms with Crippen molar-refractivity contribution in [2.45, 2.75) is 6.42 Å². The molecule has 1 aromatic carbocycles. The minimum absolute atomic E-state index is 0.0409. The smallest absolute Gasteiger partial charge is 0.232 e. The van der Waals surface area contributed by atoms with E-state index in [9.17, 15) is 4.79 Å². The molecule has 2 aromatic rings. The molecule has 16 heavy (non-hydrogen) atoms. The number of carbonyl (C=O) groups excluding carboxylic acids is 1. The highest BCUT2D eigenvalue weighted by atomic mass is 35.5. The summed E-state index contributed by atoms with van der Waals surface area (Å²) in [6.45, 7) is 0. The normalized spacial score (nSPS) is 14.9. The van der Waals surface area contributed by atoms with E-state index in [2.05, 4.69) is 0 Å². The third-order valence-electron chi connectivity index (χ3n) is 3.10. The number of carbonyl (C=O) groups is 1. The summed E-state index contributed by atoms with van der Waals surface area (Å²) in [5, 5.41) is 1.89. The van der Waals surface area contributed by atoms with Crippen LogP contribution in [0.5, 0.6) is 0 Å². The predicted octanol–water partition coefficient (Wildman–Crippen LogP) is 1.74. The second-order valence-electron chi connectivity index (χ2n) is 3.98. The summed E-state index contributed by atoms with van der Waals surface area (Å²) in [4.78, 5) is 13.4. The molecule has 0 spiro atoms. The average Bonchev–Trinajstić information content (AvgIpc) is 2.57.